The molecule has 8 heteroatoms. The summed E-state index contributed by atoms with van der Waals surface area (Å²) >= 11 is 0. The van der Waals surface area contributed by atoms with Crippen molar-refractivity contribution in [2.45, 2.75) is 6.92 Å². The molecule has 0 aliphatic carbocycles. The fourth-order valence-electron chi connectivity index (χ4n) is 3.76. The molecule has 1 aliphatic rings. The number of rotatable bonds is 7. The van der Waals surface area contributed by atoms with Gasteiger partial charge in [0.05, 0.1) is 25.1 Å². The Morgan fingerprint density at radius 1 is 1.06 bits per heavy atom. The molecule has 0 bridgehead atoms. The van der Waals surface area contributed by atoms with Gasteiger partial charge in [0.2, 0.25) is 5.95 Å². The maximum absolute atomic E-state index is 5.96. The van der Waals surface area contributed by atoms with Gasteiger partial charge in [0.25, 0.3) is 0 Å². The standard InChI is InChI=1S/C24H26N6O2/c1-18-22-17-25-24(28-30(22)23(26-18)19-6-3-2-4-7-19)27-20-8-5-9-21(16-20)32-15-12-29-10-13-31-14-11-29/h2-9,16-17H,10-15H2,1H3,(H,27,28). The van der Waals surface area contributed by atoms with Gasteiger partial charge in [-0.2, -0.15) is 0 Å². The van der Waals surface area contributed by atoms with Crippen molar-refractivity contribution in [3.05, 3.63) is 66.5 Å². The summed E-state index contributed by atoms with van der Waals surface area (Å²) in [6, 6.07) is 17.9. The van der Waals surface area contributed by atoms with E-state index in [1.165, 1.54) is 0 Å². The fourth-order valence-corrected chi connectivity index (χ4v) is 3.76. The summed E-state index contributed by atoms with van der Waals surface area (Å²) in [5.74, 6) is 2.11. The van der Waals surface area contributed by atoms with Gasteiger partial charge in [-0.1, -0.05) is 36.4 Å². The molecule has 0 radical (unpaired) electrons. The van der Waals surface area contributed by atoms with Crippen LogP contribution in [0, 0.1) is 6.92 Å². The Morgan fingerprint density at radius 3 is 2.75 bits per heavy atom. The monoisotopic (exact) mass is 430 g/mol. The highest BCUT2D eigenvalue weighted by Crippen LogP contribution is 2.23. The zero-order valence-corrected chi connectivity index (χ0v) is 18.1. The first kappa shape index (κ1) is 20.4. The average Bonchev–Trinajstić information content (AvgIpc) is 3.16. The van der Waals surface area contributed by atoms with Gasteiger partial charge >= 0.3 is 0 Å². The van der Waals surface area contributed by atoms with Crippen LogP contribution in [-0.2, 0) is 4.74 Å². The molecular weight excluding hydrogens is 404 g/mol. The number of morpholine rings is 1. The summed E-state index contributed by atoms with van der Waals surface area (Å²) in [7, 11) is 0. The van der Waals surface area contributed by atoms with E-state index in [4.69, 9.17) is 19.6 Å². The number of aromatic nitrogens is 4. The number of imidazole rings is 1. The van der Waals surface area contributed by atoms with Crippen LogP contribution in [0.1, 0.15) is 5.69 Å². The minimum Gasteiger partial charge on any atom is -0.492 e. The molecule has 4 aromatic rings. The molecule has 0 saturated carbocycles. The SMILES string of the molecule is Cc1nc(-c2ccccc2)n2nc(Nc3cccc(OCCN4CCOCC4)c3)ncc12. The van der Waals surface area contributed by atoms with E-state index in [1.807, 2.05) is 66.0 Å². The molecule has 0 unspecified atom stereocenters. The molecule has 1 fully saturated rings. The summed E-state index contributed by atoms with van der Waals surface area (Å²) in [6.45, 7) is 7.02. The zero-order valence-electron chi connectivity index (χ0n) is 18.1. The lowest BCUT2D eigenvalue weighted by atomic mass is 10.2. The van der Waals surface area contributed by atoms with E-state index in [2.05, 4.69) is 15.2 Å². The third-order valence-corrected chi connectivity index (χ3v) is 5.48. The number of ether oxygens (including phenoxy) is 2. The largest absolute Gasteiger partial charge is 0.492 e. The van der Waals surface area contributed by atoms with Gasteiger partial charge in [0.15, 0.2) is 5.82 Å². The van der Waals surface area contributed by atoms with Crippen molar-refractivity contribution in [2.24, 2.45) is 0 Å². The number of benzene rings is 2. The highest BCUT2D eigenvalue weighted by molar-refractivity contribution is 5.65. The summed E-state index contributed by atoms with van der Waals surface area (Å²) in [5.41, 5.74) is 3.66. The van der Waals surface area contributed by atoms with E-state index < -0.39 is 0 Å². The second kappa shape index (κ2) is 9.33. The molecule has 0 spiro atoms. The number of aryl methyl sites for hydroxylation is 1. The van der Waals surface area contributed by atoms with Gasteiger partial charge in [-0.3, -0.25) is 4.90 Å². The lowest BCUT2D eigenvalue weighted by Gasteiger charge is -2.26. The van der Waals surface area contributed by atoms with Crippen molar-refractivity contribution in [1.82, 2.24) is 24.5 Å². The van der Waals surface area contributed by atoms with Crippen LogP contribution in [0.25, 0.3) is 16.9 Å². The van der Waals surface area contributed by atoms with Crippen LogP contribution in [0.15, 0.2) is 60.8 Å². The molecule has 0 atom stereocenters. The van der Waals surface area contributed by atoms with E-state index in [0.29, 0.717) is 12.6 Å². The Bertz CT molecular complexity index is 1190. The van der Waals surface area contributed by atoms with Crippen molar-refractivity contribution in [1.29, 1.82) is 0 Å². The summed E-state index contributed by atoms with van der Waals surface area (Å²) in [5, 5.41) is 7.98. The van der Waals surface area contributed by atoms with Crippen LogP contribution in [0.3, 0.4) is 0 Å². The number of nitrogens with one attached hydrogen (secondary N) is 1. The Kier molecular flexibility index (Phi) is 5.96. The van der Waals surface area contributed by atoms with Gasteiger partial charge in [0.1, 0.15) is 17.9 Å². The summed E-state index contributed by atoms with van der Waals surface area (Å²) < 4.78 is 13.2. The third-order valence-electron chi connectivity index (χ3n) is 5.48. The molecule has 5 rings (SSSR count). The molecule has 8 nitrogen and oxygen atoms in total. The molecule has 1 N–H and O–H groups in total. The number of nitrogens with zero attached hydrogens (tertiary/aromatic N) is 5. The van der Waals surface area contributed by atoms with E-state index in [-0.39, 0.29) is 0 Å². The van der Waals surface area contributed by atoms with Crippen molar-refractivity contribution >= 4 is 17.2 Å². The zero-order chi connectivity index (χ0) is 21.8. The fraction of sp³-hybridized carbons (Fsp3) is 0.292. The average molecular weight is 431 g/mol. The van der Waals surface area contributed by atoms with Crippen LogP contribution in [0.5, 0.6) is 5.75 Å². The Morgan fingerprint density at radius 2 is 1.91 bits per heavy atom. The van der Waals surface area contributed by atoms with Crippen molar-refractivity contribution in [3.8, 4) is 17.1 Å². The predicted octanol–water partition coefficient (Wildman–Crippen LogP) is 3.55. The first-order valence-electron chi connectivity index (χ1n) is 10.8. The van der Waals surface area contributed by atoms with E-state index in [0.717, 1.165) is 66.9 Å². The highest BCUT2D eigenvalue weighted by Gasteiger charge is 2.13. The van der Waals surface area contributed by atoms with Crippen LogP contribution < -0.4 is 10.1 Å². The van der Waals surface area contributed by atoms with Crippen LogP contribution in [0.2, 0.25) is 0 Å². The number of hydrogen-bond donors (Lipinski definition) is 1. The smallest absolute Gasteiger partial charge is 0.245 e. The van der Waals surface area contributed by atoms with Crippen LogP contribution in [-0.4, -0.2) is 63.9 Å². The maximum Gasteiger partial charge on any atom is 0.245 e. The second-order valence-corrected chi connectivity index (χ2v) is 7.72. The predicted molar refractivity (Wildman–Crippen MR) is 123 cm³/mol. The summed E-state index contributed by atoms with van der Waals surface area (Å²) in [6.07, 6.45) is 1.80. The first-order valence-corrected chi connectivity index (χ1v) is 10.8. The molecule has 2 aromatic heterocycles. The molecule has 1 aliphatic heterocycles. The molecule has 1 saturated heterocycles. The van der Waals surface area contributed by atoms with Gasteiger partial charge in [-0.05, 0) is 19.1 Å². The van der Waals surface area contributed by atoms with Gasteiger partial charge < -0.3 is 14.8 Å². The second-order valence-electron chi connectivity index (χ2n) is 7.72. The molecular formula is C24H26N6O2. The van der Waals surface area contributed by atoms with Gasteiger partial charge in [-0.15, -0.1) is 5.10 Å². The van der Waals surface area contributed by atoms with Gasteiger partial charge in [0, 0.05) is 37.0 Å². The quantitative estimate of drug-likeness (QED) is 0.480. The Hall–Kier alpha value is -3.49. The van der Waals surface area contributed by atoms with E-state index >= 15 is 0 Å². The minimum atomic E-state index is 0.498. The molecule has 2 aromatic carbocycles. The third kappa shape index (κ3) is 4.56. The number of anilines is 2. The normalized spacial score (nSPS) is 14.5. The topological polar surface area (TPSA) is 76.8 Å². The Balaban J connectivity index is 1.30. The molecule has 164 valence electrons. The number of fused-ring (bicyclic) bond motifs is 1. The van der Waals surface area contributed by atoms with Crippen LogP contribution >= 0.6 is 0 Å². The van der Waals surface area contributed by atoms with Crippen molar-refractivity contribution < 1.29 is 9.47 Å². The van der Waals surface area contributed by atoms with Crippen molar-refractivity contribution in [3.63, 3.8) is 0 Å². The van der Waals surface area contributed by atoms with E-state index in [1.54, 1.807) is 6.20 Å². The van der Waals surface area contributed by atoms with Crippen molar-refractivity contribution in [2.75, 3.05) is 44.8 Å². The first-order chi connectivity index (χ1) is 15.8. The van der Waals surface area contributed by atoms with E-state index in [9.17, 15) is 0 Å². The van der Waals surface area contributed by atoms with Crippen LogP contribution in [0.4, 0.5) is 11.6 Å². The van der Waals surface area contributed by atoms with Gasteiger partial charge in [-0.25, -0.2) is 14.5 Å². The lowest BCUT2D eigenvalue weighted by molar-refractivity contribution is 0.0322. The summed E-state index contributed by atoms with van der Waals surface area (Å²) in [4.78, 5) is 11.5. The number of hydrogen-bond acceptors (Lipinski definition) is 7. The lowest BCUT2D eigenvalue weighted by Crippen LogP contribution is -2.38. The molecule has 0 amide bonds. The minimum absolute atomic E-state index is 0.498. The maximum atomic E-state index is 5.96. The molecule has 32 heavy (non-hydrogen) atoms. The Labute approximate surface area is 186 Å². The highest BCUT2D eigenvalue weighted by atomic mass is 16.5. The molecule has 3 heterocycles.